The minimum atomic E-state index is -1.08. The number of benzene rings is 1. The fraction of sp³-hybridized carbons (Fsp3) is 0.385. The molecule has 2 atom stereocenters. The highest BCUT2D eigenvalue weighted by Crippen LogP contribution is 2.29. The zero-order valence-corrected chi connectivity index (χ0v) is 9.82. The van der Waals surface area contributed by atoms with Crippen molar-refractivity contribution in [1.29, 1.82) is 0 Å². The van der Waals surface area contributed by atoms with Gasteiger partial charge in [-0.05, 0) is 5.56 Å². The lowest BCUT2D eigenvalue weighted by Crippen LogP contribution is -2.38. The number of rotatable bonds is 4. The van der Waals surface area contributed by atoms with Crippen LogP contribution in [-0.2, 0) is 9.59 Å². The van der Waals surface area contributed by atoms with Crippen LogP contribution >= 0.6 is 0 Å². The summed E-state index contributed by atoms with van der Waals surface area (Å²) in [6.45, 7) is -0.607. The van der Waals surface area contributed by atoms with Crippen molar-refractivity contribution in [3.8, 4) is 0 Å². The van der Waals surface area contributed by atoms with Crippen LogP contribution in [-0.4, -0.2) is 46.2 Å². The third-order valence-electron chi connectivity index (χ3n) is 3.05. The third-order valence-corrected chi connectivity index (χ3v) is 3.05. The molecule has 0 bridgehead atoms. The zero-order valence-electron chi connectivity index (χ0n) is 9.82. The third kappa shape index (κ3) is 2.42. The molecule has 5 nitrogen and oxygen atoms in total. The van der Waals surface area contributed by atoms with Crippen molar-refractivity contribution < 1.29 is 19.8 Å². The van der Waals surface area contributed by atoms with E-state index < -0.39 is 18.6 Å². The zero-order chi connectivity index (χ0) is 13.1. The molecule has 1 aromatic rings. The number of aliphatic hydroxyl groups is 2. The smallest absolute Gasteiger partial charge is 0.237 e. The van der Waals surface area contributed by atoms with Gasteiger partial charge in [0.15, 0.2) is 0 Å². The summed E-state index contributed by atoms with van der Waals surface area (Å²) in [5, 5.41) is 18.1. The van der Waals surface area contributed by atoms with Crippen LogP contribution in [0.1, 0.15) is 17.9 Å². The average Bonchev–Trinajstić information content (AvgIpc) is 2.67. The maximum absolute atomic E-state index is 12.1. The molecule has 2 amide bonds. The van der Waals surface area contributed by atoms with Gasteiger partial charge in [-0.2, -0.15) is 0 Å². The van der Waals surface area contributed by atoms with Gasteiger partial charge in [-0.3, -0.25) is 14.5 Å². The van der Waals surface area contributed by atoms with Crippen LogP contribution in [0, 0.1) is 0 Å². The maximum atomic E-state index is 12.1. The number of hydrogen-bond donors (Lipinski definition) is 2. The lowest BCUT2D eigenvalue weighted by Gasteiger charge is -2.17. The van der Waals surface area contributed by atoms with E-state index in [-0.39, 0.29) is 24.8 Å². The normalized spacial score (nSPS) is 21.4. The Morgan fingerprint density at radius 2 is 1.94 bits per heavy atom. The molecular formula is C13H15NO4. The van der Waals surface area contributed by atoms with Crippen LogP contribution in [0.3, 0.4) is 0 Å². The Morgan fingerprint density at radius 1 is 1.28 bits per heavy atom. The standard InChI is InChI=1S/C13H15NO4/c15-8-10(16)7-14-12(17)6-11(13(14)18)9-4-2-1-3-5-9/h1-5,10-11,15-16H,6-8H2. The van der Waals surface area contributed by atoms with Gasteiger partial charge < -0.3 is 10.2 Å². The summed E-state index contributed by atoms with van der Waals surface area (Å²) in [7, 11) is 0. The first-order valence-corrected chi connectivity index (χ1v) is 5.81. The number of carbonyl (C=O) groups is 2. The van der Waals surface area contributed by atoms with E-state index in [0.29, 0.717) is 0 Å². The second kappa shape index (κ2) is 5.29. The number of likely N-dealkylation sites (tertiary alicyclic amines) is 1. The second-order valence-electron chi connectivity index (χ2n) is 4.35. The summed E-state index contributed by atoms with van der Waals surface area (Å²) in [6.07, 6.45) is -0.950. The van der Waals surface area contributed by atoms with E-state index in [1.165, 1.54) is 0 Å². The first-order valence-electron chi connectivity index (χ1n) is 5.81. The molecule has 2 unspecified atom stereocenters. The summed E-state index contributed by atoms with van der Waals surface area (Å²) in [5.41, 5.74) is 0.803. The molecule has 0 radical (unpaired) electrons. The lowest BCUT2D eigenvalue weighted by molar-refractivity contribution is -0.140. The Labute approximate surface area is 105 Å². The number of hydrogen-bond acceptors (Lipinski definition) is 4. The summed E-state index contributed by atoms with van der Waals surface area (Å²) in [6, 6.07) is 9.10. The number of nitrogens with zero attached hydrogens (tertiary/aromatic N) is 1. The van der Waals surface area contributed by atoms with Gasteiger partial charge in [0.05, 0.1) is 25.2 Å². The number of imide groups is 1. The fourth-order valence-corrected chi connectivity index (χ4v) is 2.09. The minimum Gasteiger partial charge on any atom is -0.394 e. The van der Waals surface area contributed by atoms with E-state index in [1.807, 2.05) is 30.3 Å². The average molecular weight is 249 g/mol. The molecule has 0 aromatic heterocycles. The molecule has 0 aliphatic carbocycles. The molecule has 0 spiro atoms. The maximum Gasteiger partial charge on any atom is 0.237 e. The molecule has 1 fully saturated rings. The summed E-state index contributed by atoms with van der Waals surface area (Å²) in [5.74, 6) is -1.08. The van der Waals surface area contributed by atoms with E-state index >= 15 is 0 Å². The van der Waals surface area contributed by atoms with Crippen LogP contribution in [0.15, 0.2) is 30.3 Å². The van der Waals surface area contributed by atoms with E-state index in [1.54, 1.807) is 0 Å². The highest BCUT2D eigenvalue weighted by molar-refractivity contribution is 6.06. The first kappa shape index (κ1) is 12.7. The molecule has 1 heterocycles. The van der Waals surface area contributed by atoms with Crippen molar-refractivity contribution in [1.82, 2.24) is 4.90 Å². The molecule has 96 valence electrons. The van der Waals surface area contributed by atoms with Gasteiger partial charge in [0, 0.05) is 6.42 Å². The van der Waals surface area contributed by atoms with E-state index in [0.717, 1.165) is 10.5 Å². The Morgan fingerprint density at radius 3 is 2.56 bits per heavy atom. The van der Waals surface area contributed by atoms with Gasteiger partial charge in [-0.1, -0.05) is 30.3 Å². The highest BCUT2D eigenvalue weighted by atomic mass is 16.3. The SMILES string of the molecule is O=C1CC(c2ccccc2)C(=O)N1CC(O)CO. The van der Waals surface area contributed by atoms with E-state index in [9.17, 15) is 14.7 Å². The Kier molecular flexibility index (Phi) is 3.74. The van der Waals surface area contributed by atoms with Gasteiger partial charge in [0.1, 0.15) is 0 Å². The molecule has 18 heavy (non-hydrogen) atoms. The van der Waals surface area contributed by atoms with Gasteiger partial charge >= 0.3 is 0 Å². The van der Waals surface area contributed by atoms with Crippen molar-refractivity contribution in [2.24, 2.45) is 0 Å². The summed E-state index contributed by atoms with van der Waals surface area (Å²) >= 11 is 0. The molecule has 2 rings (SSSR count). The van der Waals surface area contributed by atoms with E-state index in [4.69, 9.17) is 5.11 Å². The van der Waals surface area contributed by atoms with E-state index in [2.05, 4.69) is 0 Å². The Balaban J connectivity index is 2.14. The van der Waals surface area contributed by atoms with Gasteiger partial charge in [0.2, 0.25) is 11.8 Å². The van der Waals surface area contributed by atoms with Crippen molar-refractivity contribution in [2.45, 2.75) is 18.4 Å². The van der Waals surface area contributed by atoms with Gasteiger partial charge in [-0.25, -0.2) is 0 Å². The predicted molar refractivity (Wildman–Crippen MR) is 63.6 cm³/mol. The topological polar surface area (TPSA) is 77.8 Å². The molecule has 5 heteroatoms. The van der Waals surface area contributed by atoms with Gasteiger partial charge in [-0.15, -0.1) is 0 Å². The minimum absolute atomic E-state index is 0.126. The number of β-amino-alcohol motifs (C(OH)–C–C–N with tert-alkyl or cyclic N) is 1. The largest absolute Gasteiger partial charge is 0.394 e. The molecule has 0 saturated carbocycles. The predicted octanol–water partition coefficient (Wildman–Crippen LogP) is -0.118. The fourth-order valence-electron chi connectivity index (χ4n) is 2.09. The number of carbonyl (C=O) groups excluding carboxylic acids is 2. The molecule has 1 aromatic carbocycles. The van der Waals surface area contributed by atoms with Crippen molar-refractivity contribution in [2.75, 3.05) is 13.2 Å². The van der Waals surface area contributed by atoms with Crippen LogP contribution in [0.4, 0.5) is 0 Å². The molecule has 2 N–H and O–H groups in total. The van der Waals surface area contributed by atoms with Gasteiger partial charge in [0.25, 0.3) is 0 Å². The Hall–Kier alpha value is -1.72. The molecule has 1 aliphatic heterocycles. The second-order valence-corrected chi connectivity index (χ2v) is 4.35. The Bertz CT molecular complexity index is 446. The van der Waals surface area contributed by atoms with Crippen molar-refractivity contribution in [3.63, 3.8) is 0 Å². The van der Waals surface area contributed by atoms with Crippen LogP contribution < -0.4 is 0 Å². The quantitative estimate of drug-likeness (QED) is 0.729. The van der Waals surface area contributed by atoms with Crippen LogP contribution in [0.5, 0.6) is 0 Å². The molecular weight excluding hydrogens is 234 g/mol. The van der Waals surface area contributed by atoms with Crippen LogP contribution in [0.25, 0.3) is 0 Å². The summed E-state index contributed by atoms with van der Waals surface area (Å²) in [4.78, 5) is 24.8. The number of aliphatic hydroxyl groups excluding tert-OH is 2. The lowest BCUT2D eigenvalue weighted by atomic mass is 9.98. The number of amides is 2. The monoisotopic (exact) mass is 249 g/mol. The molecule has 1 saturated heterocycles. The summed E-state index contributed by atoms with van der Waals surface area (Å²) < 4.78 is 0. The highest BCUT2D eigenvalue weighted by Gasteiger charge is 2.39. The van der Waals surface area contributed by atoms with Crippen LogP contribution in [0.2, 0.25) is 0 Å². The first-order chi connectivity index (χ1) is 8.63. The van der Waals surface area contributed by atoms with Crippen molar-refractivity contribution >= 4 is 11.8 Å². The van der Waals surface area contributed by atoms with Crippen molar-refractivity contribution in [3.05, 3.63) is 35.9 Å². The molecule has 1 aliphatic rings.